The minimum Gasteiger partial charge on any atom is -0.396 e. The fourth-order valence-corrected chi connectivity index (χ4v) is 2.53. The molecule has 2 rings (SSSR count). The number of hydrogen-bond acceptors (Lipinski definition) is 3. The molecule has 0 bridgehead atoms. The summed E-state index contributed by atoms with van der Waals surface area (Å²) < 4.78 is 0. The van der Waals surface area contributed by atoms with Gasteiger partial charge in [0.2, 0.25) is 0 Å². The van der Waals surface area contributed by atoms with Gasteiger partial charge in [0.25, 0.3) is 0 Å². The number of rotatable bonds is 3. The zero-order valence-electron chi connectivity index (χ0n) is 11.4. The highest BCUT2D eigenvalue weighted by atomic mass is 16.3. The molecule has 0 aromatic heterocycles. The average molecular weight is 248 g/mol. The van der Waals surface area contributed by atoms with E-state index in [1.54, 1.807) is 0 Å². The first-order valence-corrected chi connectivity index (χ1v) is 6.85. The molecule has 1 saturated heterocycles. The van der Waals surface area contributed by atoms with Gasteiger partial charge < -0.3 is 15.3 Å². The van der Waals surface area contributed by atoms with Crippen LogP contribution < -0.4 is 10.2 Å². The van der Waals surface area contributed by atoms with Gasteiger partial charge in [-0.2, -0.15) is 0 Å². The number of aryl methyl sites for hydroxylation is 1. The maximum absolute atomic E-state index is 9.11. The highest BCUT2D eigenvalue weighted by Gasteiger charge is 2.21. The van der Waals surface area contributed by atoms with E-state index in [4.69, 9.17) is 5.11 Å². The van der Waals surface area contributed by atoms with E-state index in [2.05, 4.69) is 48.3 Å². The molecule has 0 saturated carbocycles. The highest BCUT2D eigenvalue weighted by molar-refractivity contribution is 5.48. The molecule has 2 unspecified atom stereocenters. The number of aliphatic hydroxyl groups excluding tert-OH is 1. The SMILES string of the molecule is Cc1ccc(N2CC(C)CNC(CCO)C2)cc1. The smallest absolute Gasteiger partial charge is 0.0446 e. The van der Waals surface area contributed by atoms with Gasteiger partial charge in [0, 0.05) is 31.4 Å². The summed E-state index contributed by atoms with van der Waals surface area (Å²) in [6.07, 6.45) is 0.828. The van der Waals surface area contributed by atoms with Crippen LogP contribution in [0.2, 0.25) is 0 Å². The van der Waals surface area contributed by atoms with E-state index in [0.29, 0.717) is 12.0 Å². The summed E-state index contributed by atoms with van der Waals surface area (Å²) in [5.41, 5.74) is 2.59. The summed E-state index contributed by atoms with van der Waals surface area (Å²) in [6.45, 7) is 7.74. The third kappa shape index (κ3) is 3.47. The van der Waals surface area contributed by atoms with E-state index in [-0.39, 0.29) is 6.61 Å². The predicted molar refractivity (Wildman–Crippen MR) is 76.0 cm³/mol. The number of nitrogens with one attached hydrogen (secondary N) is 1. The Morgan fingerprint density at radius 2 is 2.00 bits per heavy atom. The number of anilines is 1. The molecular formula is C15H24N2O. The van der Waals surface area contributed by atoms with Crippen LogP contribution in [-0.2, 0) is 0 Å². The van der Waals surface area contributed by atoms with E-state index in [0.717, 1.165) is 26.1 Å². The van der Waals surface area contributed by atoms with E-state index in [1.165, 1.54) is 11.3 Å². The van der Waals surface area contributed by atoms with Crippen LogP contribution in [0.4, 0.5) is 5.69 Å². The summed E-state index contributed by atoms with van der Waals surface area (Å²) in [4.78, 5) is 2.43. The largest absolute Gasteiger partial charge is 0.396 e. The van der Waals surface area contributed by atoms with Crippen molar-refractivity contribution in [2.75, 3.05) is 31.1 Å². The number of nitrogens with zero attached hydrogens (tertiary/aromatic N) is 1. The second-order valence-corrected chi connectivity index (χ2v) is 5.46. The second kappa shape index (κ2) is 6.21. The fourth-order valence-electron chi connectivity index (χ4n) is 2.53. The van der Waals surface area contributed by atoms with Crippen LogP contribution in [0.3, 0.4) is 0 Å². The average Bonchev–Trinajstić information content (AvgIpc) is 2.53. The van der Waals surface area contributed by atoms with Crippen molar-refractivity contribution in [1.82, 2.24) is 5.32 Å². The van der Waals surface area contributed by atoms with Crippen LogP contribution >= 0.6 is 0 Å². The van der Waals surface area contributed by atoms with E-state index in [1.807, 2.05) is 0 Å². The second-order valence-electron chi connectivity index (χ2n) is 5.46. The van der Waals surface area contributed by atoms with E-state index in [9.17, 15) is 0 Å². The fraction of sp³-hybridized carbons (Fsp3) is 0.600. The molecule has 0 radical (unpaired) electrons. The summed E-state index contributed by atoms with van der Waals surface area (Å²) in [5.74, 6) is 0.634. The maximum atomic E-state index is 9.11. The molecule has 0 aliphatic carbocycles. The van der Waals surface area contributed by atoms with Crippen molar-refractivity contribution in [3.63, 3.8) is 0 Å². The van der Waals surface area contributed by atoms with Crippen molar-refractivity contribution in [3.05, 3.63) is 29.8 Å². The molecular weight excluding hydrogens is 224 g/mol. The quantitative estimate of drug-likeness (QED) is 0.856. The van der Waals surface area contributed by atoms with Gasteiger partial charge in [0.1, 0.15) is 0 Å². The van der Waals surface area contributed by atoms with Crippen molar-refractivity contribution in [3.8, 4) is 0 Å². The van der Waals surface area contributed by atoms with E-state index >= 15 is 0 Å². The Morgan fingerprint density at radius 1 is 1.28 bits per heavy atom. The Labute approximate surface area is 110 Å². The molecule has 0 amide bonds. The molecule has 1 aromatic rings. The molecule has 1 fully saturated rings. The molecule has 0 spiro atoms. The Bertz CT molecular complexity index is 363. The molecule has 18 heavy (non-hydrogen) atoms. The van der Waals surface area contributed by atoms with Crippen LogP contribution in [0.5, 0.6) is 0 Å². The Morgan fingerprint density at radius 3 is 2.67 bits per heavy atom. The standard InChI is InChI=1S/C15H24N2O/c1-12-3-5-15(6-4-12)17-10-13(2)9-16-14(11-17)7-8-18/h3-6,13-14,16,18H,7-11H2,1-2H3. The predicted octanol–water partition coefficient (Wildman–Crippen LogP) is 1.79. The zero-order valence-corrected chi connectivity index (χ0v) is 11.4. The summed E-state index contributed by atoms with van der Waals surface area (Å²) in [6, 6.07) is 9.12. The van der Waals surface area contributed by atoms with Crippen molar-refractivity contribution in [2.24, 2.45) is 5.92 Å². The summed E-state index contributed by atoms with van der Waals surface area (Å²) in [7, 11) is 0. The van der Waals surface area contributed by atoms with Crippen LogP contribution in [0.25, 0.3) is 0 Å². The normalized spacial score (nSPS) is 24.9. The van der Waals surface area contributed by atoms with Gasteiger partial charge in [0.05, 0.1) is 0 Å². The number of aliphatic hydroxyl groups is 1. The van der Waals surface area contributed by atoms with Crippen LogP contribution in [-0.4, -0.2) is 37.4 Å². The molecule has 1 heterocycles. The van der Waals surface area contributed by atoms with Gasteiger partial charge in [-0.3, -0.25) is 0 Å². The van der Waals surface area contributed by atoms with Crippen LogP contribution in [0.15, 0.2) is 24.3 Å². The number of hydrogen-bond donors (Lipinski definition) is 2. The minimum atomic E-state index is 0.258. The van der Waals surface area contributed by atoms with Crippen molar-refractivity contribution < 1.29 is 5.11 Å². The first-order valence-electron chi connectivity index (χ1n) is 6.85. The molecule has 3 heteroatoms. The van der Waals surface area contributed by atoms with E-state index < -0.39 is 0 Å². The van der Waals surface area contributed by atoms with Crippen molar-refractivity contribution in [2.45, 2.75) is 26.3 Å². The van der Waals surface area contributed by atoms with Gasteiger partial charge in [-0.05, 0) is 37.9 Å². The lowest BCUT2D eigenvalue weighted by Gasteiger charge is -2.27. The number of benzene rings is 1. The molecule has 100 valence electrons. The summed E-state index contributed by atoms with van der Waals surface area (Å²) in [5, 5.41) is 12.7. The van der Waals surface area contributed by atoms with Gasteiger partial charge in [-0.15, -0.1) is 0 Å². The Kier molecular flexibility index (Phi) is 4.61. The van der Waals surface area contributed by atoms with Gasteiger partial charge >= 0.3 is 0 Å². The van der Waals surface area contributed by atoms with Crippen LogP contribution in [0.1, 0.15) is 18.9 Å². The molecule has 2 atom stereocenters. The third-order valence-corrected chi connectivity index (χ3v) is 3.60. The van der Waals surface area contributed by atoms with Gasteiger partial charge in [-0.1, -0.05) is 24.6 Å². The molecule has 3 nitrogen and oxygen atoms in total. The maximum Gasteiger partial charge on any atom is 0.0446 e. The van der Waals surface area contributed by atoms with Gasteiger partial charge in [0.15, 0.2) is 0 Å². The minimum absolute atomic E-state index is 0.258. The molecule has 1 aliphatic heterocycles. The van der Waals surface area contributed by atoms with Gasteiger partial charge in [-0.25, -0.2) is 0 Å². The molecule has 1 aromatic carbocycles. The monoisotopic (exact) mass is 248 g/mol. The lowest BCUT2D eigenvalue weighted by Crippen LogP contribution is -2.38. The first-order chi connectivity index (χ1) is 8.69. The topological polar surface area (TPSA) is 35.5 Å². The van der Waals surface area contributed by atoms with Crippen LogP contribution in [0, 0.1) is 12.8 Å². The van der Waals surface area contributed by atoms with Crippen molar-refractivity contribution >= 4 is 5.69 Å². The Balaban J connectivity index is 2.10. The summed E-state index contributed by atoms with van der Waals surface area (Å²) >= 11 is 0. The molecule has 1 aliphatic rings. The molecule has 2 N–H and O–H groups in total. The Hall–Kier alpha value is -1.06. The highest BCUT2D eigenvalue weighted by Crippen LogP contribution is 2.19. The third-order valence-electron chi connectivity index (χ3n) is 3.60. The first kappa shape index (κ1) is 13.4. The lowest BCUT2D eigenvalue weighted by atomic mass is 10.1. The zero-order chi connectivity index (χ0) is 13.0. The van der Waals surface area contributed by atoms with Crippen molar-refractivity contribution in [1.29, 1.82) is 0 Å². The lowest BCUT2D eigenvalue weighted by molar-refractivity contribution is 0.266.